The number of pyridine rings is 1. The van der Waals surface area contributed by atoms with E-state index in [1.54, 1.807) is 12.4 Å². The molecule has 0 amide bonds. The van der Waals surface area contributed by atoms with Crippen molar-refractivity contribution >= 4 is 11.8 Å². The van der Waals surface area contributed by atoms with Crippen LogP contribution in [0.2, 0.25) is 0 Å². The van der Waals surface area contributed by atoms with Crippen molar-refractivity contribution in [3.63, 3.8) is 0 Å². The average molecular weight is 433 g/mol. The van der Waals surface area contributed by atoms with Crippen LogP contribution in [0.25, 0.3) is 0 Å². The summed E-state index contributed by atoms with van der Waals surface area (Å²) in [6.45, 7) is 6.39. The number of nitrogens with one attached hydrogen (secondary N) is 1. The number of para-hydroxylation sites is 1. The van der Waals surface area contributed by atoms with E-state index in [2.05, 4.69) is 24.1 Å². The molecule has 1 aromatic carbocycles. The van der Waals surface area contributed by atoms with E-state index in [0.717, 1.165) is 23.4 Å². The Morgan fingerprint density at radius 1 is 1.12 bits per heavy atom. The first-order valence-electron chi connectivity index (χ1n) is 10.8. The molecule has 2 heterocycles. The highest BCUT2D eigenvalue weighted by Gasteiger charge is 2.43. The molecule has 1 aliphatic carbocycles. The first-order chi connectivity index (χ1) is 15.4. The van der Waals surface area contributed by atoms with Gasteiger partial charge in [-0.3, -0.25) is 9.78 Å². The van der Waals surface area contributed by atoms with Crippen LogP contribution in [0.1, 0.15) is 45.1 Å². The Morgan fingerprint density at radius 2 is 1.91 bits per heavy atom. The van der Waals surface area contributed by atoms with E-state index in [4.69, 9.17) is 9.47 Å². The highest BCUT2D eigenvalue weighted by Crippen LogP contribution is 2.46. The van der Waals surface area contributed by atoms with Crippen molar-refractivity contribution in [1.29, 1.82) is 0 Å². The molecule has 0 spiro atoms. The lowest BCUT2D eigenvalue weighted by molar-refractivity contribution is -0.140. The standard InChI is InChI=1S/C26H28N2O4/c1-17-22(25(30)32-13-12-31-19-9-5-4-6-10-19)23(18-8-7-11-27-16-18)24-20(28-17)14-26(2,3)15-21(24)29/h4-11,16,23,28H,12-15H2,1-3H3/t23-/m0/s1. The number of allylic oxidation sites excluding steroid dienone is 3. The summed E-state index contributed by atoms with van der Waals surface area (Å²) >= 11 is 0. The molecule has 32 heavy (non-hydrogen) atoms. The Morgan fingerprint density at radius 3 is 2.62 bits per heavy atom. The molecule has 0 saturated carbocycles. The second kappa shape index (κ2) is 8.99. The topological polar surface area (TPSA) is 77.5 Å². The highest BCUT2D eigenvalue weighted by atomic mass is 16.6. The lowest BCUT2D eigenvalue weighted by atomic mass is 9.69. The van der Waals surface area contributed by atoms with Gasteiger partial charge in [-0.1, -0.05) is 38.1 Å². The van der Waals surface area contributed by atoms with Crippen LogP contribution >= 0.6 is 0 Å². The van der Waals surface area contributed by atoms with Gasteiger partial charge in [-0.25, -0.2) is 4.79 Å². The number of carbonyl (C=O) groups is 2. The van der Waals surface area contributed by atoms with Crippen LogP contribution in [0, 0.1) is 5.41 Å². The van der Waals surface area contributed by atoms with Gasteiger partial charge in [0.05, 0.1) is 5.57 Å². The van der Waals surface area contributed by atoms with E-state index < -0.39 is 11.9 Å². The number of aromatic nitrogens is 1. The number of ketones is 1. The van der Waals surface area contributed by atoms with Crippen LogP contribution in [-0.2, 0) is 14.3 Å². The molecule has 0 unspecified atom stereocenters. The van der Waals surface area contributed by atoms with Gasteiger partial charge < -0.3 is 14.8 Å². The Labute approximate surface area is 188 Å². The summed E-state index contributed by atoms with van der Waals surface area (Å²) in [5.41, 5.74) is 3.37. The van der Waals surface area contributed by atoms with Gasteiger partial charge in [0.2, 0.25) is 0 Å². The number of hydrogen-bond donors (Lipinski definition) is 1. The number of carbonyl (C=O) groups excluding carboxylic acids is 2. The Hall–Kier alpha value is -3.41. The van der Waals surface area contributed by atoms with Crippen LogP contribution in [0.5, 0.6) is 5.75 Å². The van der Waals surface area contributed by atoms with Crippen molar-refractivity contribution in [2.24, 2.45) is 5.41 Å². The molecule has 1 atom stereocenters. The molecular formula is C26H28N2O4. The van der Waals surface area contributed by atoms with Gasteiger partial charge in [0.25, 0.3) is 0 Å². The Balaban J connectivity index is 1.57. The normalized spacial score (nSPS) is 19.8. The highest BCUT2D eigenvalue weighted by molar-refractivity contribution is 6.04. The predicted octanol–water partition coefficient (Wildman–Crippen LogP) is 4.31. The van der Waals surface area contributed by atoms with Crippen molar-refractivity contribution in [2.45, 2.75) is 39.5 Å². The fraction of sp³-hybridized carbons (Fsp3) is 0.346. The summed E-state index contributed by atoms with van der Waals surface area (Å²) in [5.74, 6) is -0.171. The van der Waals surface area contributed by atoms with E-state index in [0.29, 0.717) is 23.3 Å². The molecule has 6 heteroatoms. The van der Waals surface area contributed by atoms with Gasteiger partial charge >= 0.3 is 5.97 Å². The van der Waals surface area contributed by atoms with Gasteiger partial charge in [0.1, 0.15) is 19.0 Å². The maximum atomic E-state index is 13.2. The third kappa shape index (κ3) is 4.59. The molecule has 2 aliphatic rings. The molecule has 2 aromatic rings. The van der Waals surface area contributed by atoms with Crippen molar-refractivity contribution < 1.29 is 19.1 Å². The summed E-state index contributed by atoms with van der Waals surface area (Å²) in [6.07, 6.45) is 4.58. The largest absolute Gasteiger partial charge is 0.490 e. The summed E-state index contributed by atoms with van der Waals surface area (Å²) in [7, 11) is 0. The van der Waals surface area contributed by atoms with Crippen LogP contribution in [0.15, 0.2) is 77.4 Å². The second-order valence-corrected chi connectivity index (χ2v) is 9.01. The van der Waals surface area contributed by atoms with Crippen LogP contribution < -0.4 is 10.1 Å². The fourth-order valence-corrected chi connectivity index (χ4v) is 4.48. The van der Waals surface area contributed by atoms with E-state index in [1.165, 1.54) is 0 Å². The molecule has 1 aliphatic heterocycles. The molecule has 0 radical (unpaired) electrons. The zero-order valence-electron chi connectivity index (χ0n) is 18.7. The van der Waals surface area contributed by atoms with Crippen molar-refractivity contribution in [1.82, 2.24) is 10.3 Å². The number of nitrogens with zero attached hydrogens (tertiary/aromatic N) is 1. The lowest BCUT2D eigenvalue weighted by Crippen LogP contribution is -2.38. The van der Waals surface area contributed by atoms with Gasteiger partial charge in [-0.05, 0) is 42.5 Å². The van der Waals surface area contributed by atoms with E-state index in [1.807, 2.05) is 49.4 Å². The minimum atomic E-state index is -0.494. The average Bonchev–Trinajstić information content (AvgIpc) is 2.76. The van der Waals surface area contributed by atoms with Crippen LogP contribution in [-0.4, -0.2) is 30.0 Å². The summed E-state index contributed by atoms with van der Waals surface area (Å²) in [5, 5.41) is 3.34. The first kappa shape index (κ1) is 21.8. The number of benzene rings is 1. The maximum absolute atomic E-state index is 13.2. The SMILES string of the molecule is CC1=C(C(=O)OCCOc2ccccc2)[C@H](c2cccnc2)C2=C(CC(C)(C)CC2=O)N1. The molecule has 1 N–H and O–H groups in total. The van der Waals surface area contributed by atoms with Crippen molar-refractivity contribution in [3.8, 4) is 5.75 Å². The van der Waals surface area contributed by atoms with Gasteiger partial charge in [-0.15, -0.1) is 0 Å². The summed E-state index contributed by atoms with van der Waals surface area (Å²) in [4.78, 5) is 30.6. The lowest BCUT2D eigenvalue weighted by Gasteiger charge is -2.39. The van der Waals surface area contributed by atoms with Crippen molar-refractivity contribution in [2.75, 3.05) is 13.2 Å². The van der Waals surface area contributed by atoms with E-state index in [-0.39, 0.29) is 24.4 Å². The molecule has 4 rings (SSSR count). The zero-order chi connectivity index (χ0) is 22.7. The Bertz CT molecular complexity index is 1070. The molecular weight excluding hydrogens is 404 g/mol. The van der Waals surface area contributed by atoms with Gasteiger partial charge in [-0.2, -0.15) is 0 Å². The zero-order valence-corrected chi connectivity index (χ0v) is 18.7. The minimum absolute atomic E-state index is 0.0582. The fourth-order valence-electron chi connectivity index (χ4n) is 4.48. The Kier molecular flexibility index (Phi) is 6.12. The number of hydrogen-bond acceptors (Lipinski definition) is 6. The predicted molar refractivity (Wildman–Crippen MR) is 121 cm³/mol. The molecule has 0 saturated heterocycles. The number of dihydropyridines is 1. The third-order valence-electron chi connectivity index (χ3n) is 5.81. The van der Waals surface area contributed by atoms with Gasteiger partial charge in [0, 0.05) is 41.7 Å². The minimum Gasteiger partial charge on any atom is -0.490 e. The van der Waals surface area contributed by atoms with E-state index >= 15 is 0 Å². The van der Waals surface area contributed by atoms with Crippen molar-refractivity contribution in [3.05, 3.63) is 83.0 Å². The van der Waals surface area contributed by atoms with E-state index in [9.17, 15) is 9.59 Å². The molecule has 166 valence electrons. The smallest absolute Gasteiger partial charge is 0.336 e. The summed E-state index contributed by atoms with van der Waals surface area (Å²) in [6, 6.07) is 13.1. The monoisotopic (exact) mass is 432 g/mol. The molecule has 1 aromatic heterocycles. The van der Waals surface area contributed by atoms with Gasteiger partial charge in [0.15, 0.2) is 5.78 Å². The number of Topliss-reactive ketones (excluding diaryl/α,β-unsaturated/α-hetero) is 1. The molecule has 0 fully saturated rings. The molecule has 6 nitrogen and oxygen atoms in total. The number of ether oxygens (including phenoxy) is 2. The number of rotatable bonds is 6. The summed E-state index contributed by atoms with van der Waals surface area (Å²) < 4.78 is 11.2. The molecule has 0 bridgehead atoms. The first-order valence-corrected chi connectivity index (χ1v) is 10.8. The second-order valence-electron chi connectivity index (χ2n) is 9.01. The van der Waals surface area contributed by atoms with Crippen LogP contribution in [0.3, 0.4) is 0 Å². The quantitative estimate of drug-likeness (QED) is 0.542. The third-order valence-corrected chi connectivity index (χ3v) is 5.81. The van der Waals surface area contributed by atoms with Crippen LogP contribution in [0.4, 0.5) is 0 Å². The maximum Gasteiger partial charge on any atom is 0.336 e. The number of esters is 1.